The van der Waals surface area contributed by atoms with Crippen LogP contribution in [0.5, 0.6) is 0 Å². The van der Waals surface area contributed by atoms with Gasteiger partial charge in [0.15, 0.2) is 0 Å². The molecule has 1 aliphatic rings. The molecule has 0 amide bonds. The average molecular weight is 314 g/mol. The fourth-order valence-corrected chi connectivity index (χ4v) is 3.17. The number of β-amino-alcohol motifs (C(OH)–C–C–N with tert-alkyl or cyclic N) is 1. The molecule has 3 heterocycles. The van der Waals surface area contributed by atoms with Crippen molar-refractivity contribution in [1.29, 1.82) is 0 Å². The first kappa shape index (κ1) is 14.1. The first-order valence-corrected chi connectivity index (χ1v) is 7.40. The number of aryl methyl sites for hydroxylation is 1. The summed E-state index contributed by atoms with van der Waals surface area (Å²) >= 11 is 0. The molecule has 1 aliphatic heterocycles. The lowest BCUT2D eigenvalue weighted by atomic mass is 10.0. The number of benzene rings is 1. The highest BCUT2D eigenvalue weighted by Crippen LogP contribution is 2.38. The van der Waals surface area contributed by atoms with Gasteiger partial charge in [-0.2, -0.15) is 4.98 Å². The predicted octanol–water partition coefficient (Wildman–Crippen LogP) is 2.38. The minimum Gasteiger partial charge on any atom is -0.391 e. The zero-order valence-corrected chi connectivity index (χ0v) is 12.5. The van der Waals surface area contributed by atoms with E-state index in [4.69, 9.17) is 4.52 Å². The van der Waals surface area contributed by atoms with Gasteiger partial charge in [-0.1, -0.05) is 17.3 Å². The third-order valence-electron chi connectivity index (χ3n) is 4.23. The van der Waals surface area contributed by atoms with Crippen molar-refractivity contribution in [3.63, 3.8) is 0 Å². The van der Waals surface area contributed by atoms with Crippen LogP contribution in [0.3, 0.4) is 0 Å². The van der Waals surface area contributed by atoms with Crippen molar-refractivity contribution in [2.75, 3.05) is 11.4 Å². The quantitative estimate of drug-likeness (QED) is 0.783. The molecule has 23 heavy (non-hydrogen) atoms. The first-order valence-electron chi connectivity index (χ1n) is 7.40. The van der Waals surface area contributed by atoms with Crippen molar-refractivity contribution in [1.82, 2.24) is 15.1 Å². The second-order valence-electron chi connectivity index (χ2n) is 5.75. The lowest BCUT2D eigenvalue weighted by Crippen LogP contribution is -2.25. The normalized spacial score (nSPS) is 21.3. The van der Waals surface area contributed by atoms with Crippen molar-refractivity contribution >= 4 is 16.9 Å². The molecule has 0 saturated carbocycles. The van der Waals surface area contributed by atoms with Crippen molar-refractivity contribution in [3.05, 3.63) is 47.7 Å². The van der Waals surface area contributed by atoms with Gasteiger partial charge in [0.05, 0.1) is 17.8 Å². The van der Waals surface area contributed by atoms with Crippen LogP contribution in [0.15, 0.2) is 35.1 Å². The highest BCUT2D eigenvalue weighted by Gasteiger charge is 2.34. The monoisotopic (exact) mass is 314 g/mol. The van der Waals surface area contributed by atoms with Crippen LogP contribution in [-0.2, 0) is 0 Å². The molecule has 2 aromatic heterocycles. The molecule has 0 radical (unpaired) electrons. The van der Waals surface area contributed by atoms with Gasteiger partial charge in [0.2, 0.25) is 0 Å². The Bertz CT molecular complexity index is 849. The van der Waals surface area contributed by atoms with Crippen LogP contribution < -0.4 is 4.90 Å². The Morgan fingerprint density at radius 2 is 2.04 bits per heavy atom. The van der Waals surface area contributed by atoms with Gasteiger partial charge in [0.1, 0.15) is 23.3 Å². The molecule has 7 heteroatoms. The van der Waals surface area contributed by atoms with Gasteiger partial charge in [-0.25, -0.2) is 9.37 Å². The number of hydrogen-bond acceptors (Lipinski definition) is 6. The molecule has 3 aromatic rings. The molecule has 2 atom stereocenters. The molecule has 1 saturated heterocycles. The van der Waals surface area contributed by atoms with E-state index in [1.54, 1.807) is 12.1 Å². The predicted molar refractivity (Wildman–Crippen MR) is 81.4 cm³/mol. The molecular weight excluding hydrogens is 299 g/mol. The van der Waals surface area contributed by atoms with E-state index >= 15 is 0 Å². The summed E-state index contributed by atoms with van der Waals surface area (Å²) in [6.45, 7) is 2.27. The molecule has 1 aromatic carbocycles. The zero-order chi connectivity index (χ0) is 16.0. The second kappa shape index (κ2) is 5.27. The van der Waals surface area contributed by atoms with Crippen LogP contribution >= 0.6 is 0 Å². The summed E-state index contributed by atoms with van der Waals surface area (Å²) in [5.41, 5.74) is 2.06. The Balaban J connectivity index is 1.81. The number of halogens is 1. The fourth-order valence-electron chi connectivity index (χ4n) is 3.17. The number of aliphatic hydroxyl groups is 1. The zero-order valence-electron chi connectivity index (χ0n) is 12.5. The molecule has 6 nitrogen and oxygen atoms in total. The van der Waals surface area contributed by atoms with Gasteiger partial charge in [-0.15, -0.1) is 0 Å². The summed E-state index contributed by atoms with van der Waals surface area (Å²) in [5, 5.41) is 14.8. The Hall–Kier alpha value is -2.54. The molecule has 1 fully saturated rings. The van der Waals surface area contributed by atoms with Crippen molar-refractivity contribution in [2.24, 2.45) is 0 Å². The Morgan fingerprint density at radius 3 is 2.83 bits per heavy atom. The molecular formula is C16H15FN4O2. The number of anilines is 1. The smallest absolute Gasteiger partial charge is 0.263 e. The average Bonchev–Trinajstić information content (AvgIpc) is 3.12. The third kappa shape index (κ3) is 2.33. The van der Waals surface area contributed by atoms with Crippen LogP contribution in [0.4, 0.5) is 10.2 Å². The Kier molecular flexibility index (Phi) is 3.23. The van der Waals surface area contributed by atoms with Crippen LogP contribution in [-0.4, -0.2) is 32.9 Å². The minimum atomic E-state index is -0.477. The van der Waals surface area contributed by atoms with Crippen molar-refractivity contribution in [3.8, 4) is 0 Å². The van der Waals surface area contributed by atoms with Gasteiger partial charge >= 0.3 is 0 Å². The number of aromatic nitrogens is 3. The topological polar surface area (TPSA) is 75.3 Å². The Labute approximate surface area is 131 Å². The van der Waals surface area contributed by atoms with E-state index < -0.39 is 6.10 Å². The van der Waals surface area contributed by atoms with Crippen molar-refractivity contribution < 1.29 is 14.0 Å². The summed E-state index contributed by atoms with van der Waals surface area (Å²) in [4.78, 5) is 10.5. The van der Waals surface area contributed by atoms with E-state index in [0.717, 1.165) is 10.9 Å². The van der Waals surface area contributed by atoms with E-state index in [9.17, 15) is 9.50 Å². The van der Waals surface area contributed by atoms with Gasteiger partial charge in [-0.05, 0) is 31.0 Å². The van der Waals surface area contributed by atoms with Gasteiger partial charge in [0, 0.05) is 6.54 Å². The molecule has 0 aliphatic carbocycles. The lowest BCUT2D eigenvalue weighted by molar-refractivity contribution is 0.194. The number of rotatable bonds is 2. The summed E-state index contributed by atoms with van der Waals surface area (Å²) in [6, 6.07) is 6.25. The Morgan fingerprint density at radius 1 is 1.26 bits per heavy atom. The van der Waals surface area contributed by atoms with Gasteiger partial charge in [-0.3, -0.25) is 0 Å². The SMILES string of the molecule is Cc1noc2ncnc(N3C[C@@H](O)C[C@H]3c3ccc(F)cc3)c12. The summed E-state index contributed by atoms with van der Waals surface area (Å²) in [7, 11) is 0. The van der Waals surface area contributed by atoms with Crippen LogP contribution in [0.1, 0.15) is 23.7 Å². The third-order valence-corrected chi connectivity index (χ3v) is 4.23. The second-order valence-corrected chi connectivity index (χ2v) is 5.75. The van der Waals surface area contributed by atoms with E-state index in [0.29, 0.717) is 30.2 Å². The molecule has 118 valence electrons. The number of hydrogen-bond donors (Lipinski definition) is 1. The molecule has 1 N–H and O–H groups in total. The van der Waals surface area contributed by atoms with E-state index in [1.807, 2.05) is 11.8 Å². The van der Waals surface area contributed by atoms with E-state index in [1.165, 1.54) is 18.5 Å². The maximum absolute atomic E-state index is 13.2. The highest BCUT2D eigenvalue weighted by atomic mass is 19.1. The van der Waals surface area contributed by atoms with Crippen LogP contribution in [0, 0.1) is 12.7 Å². The maximum atomic E-state index is 13.2. The summed E-state index contributed by atoms with van der Waals surface area (Å²) in [5.74, 6) is 0.401. The highest BCUT2D eigenvalue weighted by molar-refractivity contribution is 5.88. The standard InChI is InChI=1S/C16H15FN4O2/c1-9-14-15(18-8-19-16(14)23-20-9)21-7-12(22)6-13(21)10-2-4-11(17)5-3-10/h2-5,8,12-13,22H,6-7H2,1H3/t12-,13-/m0/s1. The fraction of sp³-hybridized carbons (Fsp3) is 0.312. The number of aliphatic hydroxyl groups excluding tert-OH is 1. The minimum absolute atomic E-state index is 0.0852. The molecule has 0 bridgehead atoms. The van der Waals surface area contributed by atoms with Gasteiger partial charge < -0.3 is 14.5 Å². The molecule has 0 spiro atoms. The molecule has 0 unspecified atom stereocenters. The largest absolute Gasteiger partial charge is 0.391 e. The van der Waals surface area contributed by atoms with E-state index in [-0.39, 0.29) is 11.9 Å². The number of fused-ring (bicyclic) bond motifs is 1. The number of nitrogens with zero attached hydrogens (tertiary/aromatic N) is 4. The lowest BCUT2D eigenvalue weighted by Gasteiger charge is -2.26. The maximum Gasteiger partial charge on any atom is 0.263 e. The van der Waals surface area contributed by atoms with E-state index in [2.05, 4.69) is 15.1 Å². The summed E-state index contributed by atoms with van der Waals surface area (Å²) in [6.07, 6.45) is 1.51. The van der Waals surface area contributed by atoms with Crippen LogP contribution in [0.25, 0.3) is 11.1 Å². The molecule has 4 rings (SSSR count). The van der Waals surface area contributed by atoms with Crippen molar-refractivity contribution in [2.45, 2.75) is 25.5 Å². The van der Waals surface area contributed by atoms with Gasteiger partial charge in [0.25, 0.3) is 5.71 Å². The van der Waals surface area contributed by atoms with Crippen LogP contribution in [0.2, 0.25) is 0 Å². The summed E-state index contributed by atoms with van der Waals surface area (Å²) < 4.78 is 18.4. The first-order chi connectivity index (χ1) is 11.1.